The second kappa shape index (κ2) is 8.11. The van der Waals surface area contributed by atoms with Crippen LogP contribution in [-0.4, -0.2) is 22.1 Å². The lowest BCUT2D eigenvalue weighted by atomic mass is 10.1. The van der Waals surface area contributed by atoms with Crippen LogP contribution in [0.2, 0.25) is 0 Å². The van der Waals surface area contributed by atoms with Crippen LogP contribution in [0.3, 0.4) is 0 Å². The summed E-state index contributed by atoms with van der Waals surface area (Å²) in [5.74, 6) is 0. The molecule has 0 radical (unpaired) electrons. The van der Waals surface area contributed by atoms with Crippen LogP contribution < -0.4 is 16.5 Å². The number of benzene rings is 1. The maximum absolute atomic E-state index is 11.7. The van der Waals surface area contributed by atoms with Crippen molar-refractivity contribution in [2.45, 2.75) is 12.8 Å². The van der Waals surface area contributed by atoms with Crippen molar-refractivity contribution in [2.75, 3.05) is 11.9 Å². The van der Waals surface area contributed by atoms with Crippen molar-refractivity contribution in [1.82, 2.24) is 9.55 Å². The van der Waals surface area contributed by atoms with Crippen molar-refractivity contribution in [2.24, 2.45) is 5.73 Å². The number of rotatable bonds is 6. The summed E-state index contributed by atoms with van der Waals surface area (Å²) in [7, 11) is 0. The van der Waals surface area contributed by atoms with Gasteiger partial charge in [-0.1, -0.05) is 30.3 Å². The molecule has 1 aromatic carbocycles. The van der Waals surface area contributed by atoms with Crippen molar-refractivity contribution in [3.05, 3.63) is 78.2 Å². The van der Waals surface area contributed by atoms with Crippen LogP contribution in [0.25, 0.3) is 11.1 Å². The van der Waals surface area contributed by atoms with Crippen LogP contribution in [0.1, 0.15) is 12.0 Å². The lowest BCUT2D eigenvalue weighted by molar-refractivity contribution is 0.249. The number of amides is 1. The second-order valence-electron chi connectivity index (χ2n) is 5.95. The summed E-state index contributed by atoms with van der Waals surface area (Å²) in [6, 6.07) is 14.9. The van der Waals surface area contributed by atoms with Gasteiger partial charge in [0, 0.05) is 30.7 Å². The average Bonchev–Trinajstić information content (AvgIpc) is 2.67. The lowest BCUT2D eigenvalue weighted by Gasteiger charge is -2.13. The van der Waals surface area contributed by atoms with Gasteiger partial charge in [0.2, 0.25) is 0 Å². The summed E-state index contributed by atoms with van der Waals surface area (Å²) in [4.78, 5) is 15.7. The number of carbonyl (C=O) groups is 1. The molecule has 0 spiro atoms. The highest BCUT2D eigenvalue weighted by Crippen LogP contribution is 2.20. The zero-order valence-electron chi connectivity index (χ0n) is 14.4. The number of aromatic nitrogens is 2. The fraction of sp³-hybridized carbons (Fsp3) is 0.150. The molecule has 0 aliphatic heterocycles. The summed E-state index contributed by atoms with van der Waals surface area (Å²) < 4.78 is 1.16. The Kier molecular flexibility index (Phi) is 5.43. The van der Waals surface area contributed by atoms with Gasteiger partial charge in [0.15, 0.2) is 5.49 Å². The third-order valence-electron chi connectivity index (χ3n) is 4.12. The molecule has 0 aliphatic carbocycles. The zero-order valence-corrected chi connectivity index (χ0v) is 14.4. The molecule has 0 unspecified atom stereocenters. The van der Waals surface area contributed by atoms with Crippen molar-refractivity contribution in [1.29, 1.82) is 5.41 Å². The average molecular weight is 347 g/mol. The van der Waals surface area contributed by atoms with Crippen molar-refractivity contribution in [3.63, 3.8) is 0 Å². The van der Waals surface area contributed by atoms with Gasteiger partial charge in [-0.25, -0.2) is 4.79 Å². The van der Waals surface area contributed by atoms with E-state index in [2.05, 4.69) is 10.3 Å². The Morgan fingerprint density at radius 2 is 1.85 bits per heavy atom. The molecule has 26 heavy (non-hydrogen) atoms. The largest absolute Gasteiger partial charge is 0.382 e. The Bertz CT molecular complexity index is 935. The number of primary amides is 1. The SMILES string of the molecule is N=c1c(NCCCc2ccncc2)cc(-c2ccccc2)cn1C(N)=O. The third-order valence-corrected chi connectivity index (χ3v) is 4.12. The van der Waals surface area contributed by atoms with Crippen LogP contribution in [-0.2, 0) is 6.42 Å². The van der Waals surface area contributed by atoms with E-state index in [1.807, 2.05) is 48.5 Å². The molecule has 0 saturated heterocycles. The highest BCUT2D eigenvalue weighted by Gasteiger charge is 2.09. The molecule has 2 aromatic heterocycles. The summed E-state index contributed by atoms with van der Waals surface area (Å²) in [6.45, 7) is 0.686. The Labute approximate surface area is 151 Å². The molecule has 4 N–H and O–H groups in total. The quantitative estimate of drug-likeness (QED) is 0.598. The standard InChI is InChI=1S/C20H21N5O/c21-19-18(24-10-4-5-15-8-11-23-12-9-15)13-17(14-25(19)20(22)26)16-6-2-1-3-7-16/h1-3,6-9,11-14,21,24H,4-5,10H2,(H2,22,26). The van der Waals surface area contributed by atoms with E-state index in [-0.39, 0.29) is 5.49 Å². The maximum Gasteiger partial charge on any atom is 0.324 e. The second-order valence-corrected chi connectivity index (χ2v) is 5.95. The highest BCUT2D eigenvalue weighted by molar-refractivity contribution is 5.78. The van der Waals surface area contributed by atoms with E-state index in [0.29, 0.717) is 12.2 Å². The van der Waals surface area contributed by atoms with Crippen molar-refractivity contribution >= 4 is 11.7 Å². The first-order valence-corrected chi connectivity index (χ1v) is 8.44. The molecule has 6 nitrogen and oxygen atoms in total. The van der Waals surface area contributed by atoms with Gasteiger partial charge in [0.05, 0.1) is 5.69 Å². The number of aryl methyl sites for hydroxylation is 1. The first-order valence-electron chi connectivity index (χ1n) is 8.44. The fourth-order valence-corrected chi connectivity index (χ4v) is 2.76. The summed E-state index contributed by atoms with van der Waals surface area (Å²) in [5.41, 5.74) is 9.08. The van der Waals surface area contributed by atoms with Crippen LogP contribution in [0.15, 0.2) is 67.1 Å². The van der Waals surface area contributed by atoms with E-state index < -0.39 is 6.03 Å². The van der Waals surface area contributed by atoms with E-state index in [9.17, 15) is 4.79 Å². The molecular formula is C20H21N5O. The van der Waals surface area contributed by atoms with E-state index in [0.717, 1.165) is 28.5 Å². The van der Waals surface area contributed by atoms with Crippen LogP contribution >= 0.6 is 0 Å². The molecular weight excluding hydrogens is 326 g/mol. The van der Waals surface area contributed by atoms with Gasteiger partial charge in [-0.05, 0) is 42.2 Å². The van der Waals surface area contributed by atoms with Crippen molar-refractivity contribution in [3.8, 4) is 11.1 Å². The van der Waals surface area contributed by atoms with E-state index in [1.54, 1.807) is 18.6 Å². The van der Waals surface area contributed by atoms with Gasteiger partial charge in [-0.2, -0.15) is 0 Å². The Balaban J connectivity index is 1.78. The monoisotopic (exact) mass is 347 g/mol. The number of nitrogens with one attached hydrogen (secondary N) is 2. The molecule has 0 bridgehead atoms. The molecule has 0 saturated carbocycles. The van der Waals surface area contributed by atoms with Gasteiger partial charge >= 0.3 is 6.03 Å². The molecule has 0 aliphatic rings. The first kappa shape index (κ1) is 17.4. The molecule has 0 atom stereocenters. The Morgan fingerprint density at radius 3 is 2.54 bits per heavy atom. The number of nitrogens with zero attached hydrogens (tertiary/aromatic N) is 2. The number of anilines is 1. The Morgan fingerprint density at radius 1 is 1.12 bits per heavy atom. The third kappa shape index (κ3) is 4.16. The van der Waals surface area contributed by atoms with Gasteiger partial charge in [-0.3, -0.25) is 15.0 Å². The van der Waals surface area contributed by atoms with Crippen LogP contribution in [0.4, 0.5) is 10.5 Å². The van der Waals surface area contributed by atoms with E-state index in [4.69, 9.17) is 11.1 Å². The molecule has 0 fully saturated rings. The molecule has 2 heterocycles. The minimum atomic E-state index is -0.674. The van der Waals surface area contributed by atoms with Gasteiger partial charge < -0.3 is 11.1 Å². The summed E-state index contributed by atoms with van der Waals surface area (Å²) in [5, 5.41) is 11.5. The van der Waals surface area contributed by atoms with E-state index in [1.165, 1.54) is 5.56 Å². The van der Waals surface area contributed by atoms with Gasteiger partial charge in [-0.15, -0.1) is 0 Å². The van der Waals surface area contributed by atoms with E-state index >= 15 is 0 Å². The minimum absolute atomic E-state index is 0.0566. The highest BCUT2D eigenvalue weighted by atomic mass is 16.2. The number of hydrogen-bond acceptors (Lipinski definition) is 4. The summed E-state index contributed by atoms with van der Waals surface area (Å²) >= 11 is 0. The van der Waals surface area contributed by atoms with Crippen LogP contribution in [0, 0.1) is 5.41 Å². The number of carbonyl (C=O) groups excluding carboxylic acids is 1. The molecule has 132 valence electrons. The smallest absolute Gasteiger partial charge is 0.324 e. The van der Waals surface area contributed by atoms with Crippen LogP contribution in [0.5, 0.6) is 0 Å². The van der Waals surface area contributed by atoms with Crippen molar-refractivity contribution < 1.29 is 4.79 Å². The molecule has 3 aromatic rings. The predicted octanol–water partition coefficient (Wildman–Crippen LogP) is 3.00. The molecule has 6 heteroatoms. The number of hydrogen-bond donors (Lipinski definition) is 3. The fourth-order valence-electron chi connectivity index (χ4n) is 2.76. The minimum Gasteiger partial charge on any atom is -0.382 e. The van der Waals surface area contributed by atoms with Gasteiger partial charge in [0.1, 0.15) is 0 Å². The normalized spacial score (nSPS) is 10.5. The Hall–Kier alpha value is -3.41. The predicted molar refractivity (Wildman–Crippen MR) is 102 cm³/mol. The molecule has 1 amide bonds. The zero-order chi connectivity index (χ0) is 18.4. The number of pyridine rings is 2. The lowest BCUT2D eigenvalue weighted by Crippen LogP contribution is -2.33. The summed E-state index contributed by atoms with van der Waals surface area (Å²) in [6.07, 6.45) is 6.97. The maximum atomic E-state index is 11.7. The topological polar surface area (TPSA) is 96.8 Å². The number of nitrogens with two attached hydrogens (primary N) is 1. The molecule has 3 rings (SSSR count). The van der Waals surface area contributed by atoms with Gasteiger partial charge in [0.25, 0.3) is 0 Å². The first-order chi connectivity index (χ1) is 12.6.